The maximum Gasteiger partial charge on any atom is 0.243 e. The van der Waals surface area contributed by atoms with E-state index < -0.39 is 0 Å². The van der Waals surface area contributed by atoms with Crippen LogP contribution in [0.4, 0.5) is 11.4 Å². The monoisotopic (exact) mass is 351 g/mol. The van der Waals surface area contributed by atoms with Gasteiger partial charge in [0.2, 0.25) is 17.7 Å². The average Bonchev–Trinajstić information content (AvgIpc) is 3.07. The first-order valence-corrected chi connectivity index (χ1v) is 8.63. The molecule has 1 aliphatic heterocycles. The summed E-state index contributed by atoms with van der Waals surface area (Å²) >= 11 is 0. The van der Waals surface area contributed by atoms with Crippen molar-refractivity contribution in [2.45, 2.75) is 19.3 Å². The van der Waals surface area contributed by atoms with Crippen molar-refractivity contribution in [1.82, 2.24) is 5.32 Å². The zero-order chi connectivity index (χ0) is 18.4. The topological polar surface area (TPSA) is 78.5 Å². The van der Waals surface area contributed by atoms with Crippen molar-refractivity contribution < 1.29 is 14.4 Å². The van der Waals surface area contributed by atoms with Gasteiger partial charge in [-0.1, -0.05) is 42.5 Å². The lowest BCUT2D eigenvalue weighted by Crippen LogP contribution is -2.34. The van der Waals surface area contributed by atoms with E-state index in [1.165, 1.54) is 0 Å². The molecular weight excluding hydrogens is 330 g/mol. The summed E-state index contributed by atoms with van der Waals surface area (Å²) in [4.78, 5) is 37.8. The summed E-state index contributed by atoms with van der Waals surface area (Å²) in [5.41, 5.74) is 2.16. The lowest BCUT2D eigenvalue weighted by Gasteiger charge is -2.20. The Morgan fingerprint density at radius 1 is 0.962 bits per heavy atom. The van der Waals surface area contributed by atoms with Gasteiger partial charge in [-0.2, -0.15) is 0 Å². The largest absolute Gasteiger partial charge is 0.347 e. The smallest absolute Gasteiger partial charge is 0.243 e. The third-order valence-electron chi connectivity index (χ3n) is 4.20. The molecule has 3 rings (SSSR count). The zero-order valence-electron chi connectivity index (χ0n) is 14.4. The van der Waals surface area contributed by atoms with Gasteiger partial charge >= 0.3 is 0 Å². The molecule has 0 bridgehead atoms. The van der Waals surface area contributed by atoms with Crippen LogP contribution in [0.5, 0.6) is 0 Å². The van der Waals surface area contributed by atoms with Gasteiger partial charge < -0.3 is 15.5 Å². The van der Waals surface area contributed by atoms with Crippen LogP contribution < -0.4 is 15.5 Å². The van der Waals surface area contributed by atoms with Crippen molar-refractivity contribution >= 4 is 29.1 Å². The van der Waals surface area contributed by atoms with Crippen molar-refractivity contribution in [1.29, 1.82) is 0 Å². The van der Waals surface area contributed by atoms with Crippen LogP contribution in [0, 0.1) is 0 Å². The van der Waals surface area contributed by atoms with Crippen LogP contribution in [-0.4, -0.2) is 30.8 Å². The summed E-state index contributed by atoms with van der Waals surface area (Å²) in [6.45, 7) is 0.535. The second-order valence-corrected chi connectivity index (χ2v) is 6.15. The SMILES string of the molecule is O=C(Cc1ccccc1)NCC(=O)Nc1ccccc1N1CCCC1=O. The van der Waals surface area contributed by atoms with Gasteiger partial charge in [-0.3, -0.25) is 14.4 Å². The number of carbonyl (C=O) groups is 3. The maximum atomic E-state index is 12.2. The van der Waals surface area contributed by atoms with E-state index in [0.717, 1.165) is 12.0 Å². The number of hydrogen-bond acceptors (Lipinski definition) is 3. The molecule has 0 aliphatic carbocycles. The molecule has 26 heavy (non-hydrogen) atoms. The number of nitrogens with one attached hydrogen (secondary N) is 2. The number of para-hydroxylation sites is 2. The van der Waals surface area contributed by atoms with E-state index in [9.17, 15) is 14.4 Å². The van der Waals surface area contributed by atoms with Crippen LogP contribution in [0.3, 0.4) is 0 Å². The molecule has 1 fully saturated rings. The van der Waals surface area contributed by atoms with Crippen LogP contribution in [0.1, 0.15) is 18.4 Å². The zero-order valence-corrected chi connectivity index (χ0v) is 14.4. The second-order valence-electron chi connectivity index (χ2n) is 6.15. The van der Waals surface area contributed by atoms with Gasteiger partial charge in [0.15, 0.2) is 0 Å². The molecule has 2 aromatic rings. The van der Waals surface area contributed by atoms with Gasteiger partial charge in [0.1, 0.15) is 0 Å². The Morgan fingerprint density at radius 2 is 1.69 bits per heavy atom. The Hall–Kier alpha value is -3.15. The first-order valence-electron chi connectivity index (χ1n) is 8.63. The highest BCUT2D eigenvalue weighted by Crippen LogP contribution is 2.29. The number of benzene rings is 2. The summed E-state index contributed by atoms with van der Waals surface area (Å²) < 4.78 is 0. The minimum atomic E-state index is -0.328. The van der Waals surface area contributed by atoms with E-state index in [-0.39, 0.29) is 30.7 Å². The van der Waals surface area contributed by atoms with E-state index in [1.807, 2.05) is 42.5 Å². The van der Waals surface area contributed by atoms with Crippen LogP contribution in [0.15, 0.2) is 54.6 Å². The number of carbonyl (C=O) groups excluding carboxylic acids is 3. The van der Waals surface area contributed by atoms with E-state index in [4.69, 9.17) is 0 Å². The molecule has 1 aliphatic rings. The molecule has 1 heterocycles. The Labute approximate surface area is 152 Å². The molecule has 2 aromatic carbocycles. The fraction of sp³-hybridized carbons (Fsp3) is 0.250. The van der Waals surface area contributed by atoms with E-state index >= 15 is 0 Å². The molecule has 0 radical (unpaired) electrons. The van der Waals surface area contributed by atoms with Crippen LogP contribution in [0.25, 0.3) is 0 Å². The number of rotatable bonds is 6. The minimum Gasteiger partial charge on any atom is -0.347 e. The lowest BCUT2D eigenvalue weighted by atomic mass is 10.1. The summed E-state index contributed by atoms with van der Waals surface area (Å²) in [7, 11) is 0. The maximum absolute atomic E-state index is 12.2. The van der Waals surface area contributed by atoms with Crippen LogP contribution in [-0.2, 0) is 20.8 Å². The molecule has 0 unspecified atom stereocenters. The third-order valence-corrected chi connectivity index (χ3v) is 4.20. The van der Waals surface area contributed by atoms with Gasteiger partial charge in [0.25, 0.3) is 0 Å². The Morgan fingerprint density at radius 3 is 2.42 bits per heavy atom. The predicted octanol–water partition coefficient (Wildman–Crippen LogP) is 2.11. The van der Waals surface area contributed by atoms with E-state index in [0.29, 0.717) is 24.3 Å². The molecule has 6 nitrogen and oxygen atoms in total. The van der Waals surface area contributed by atoms with E-state index in [1.54, 1.807) is 17.0 Å². The Balaban J connectivity index is 1.55. The highest BCUT2D eigenvalue weighted by Gasteiger charge is 2.24. The molecule has 0 aromatic heterocycles. The number of amides is 3. The van der Waals surface area contributed by atoms with Gasteiger partial charge in [0, 0.05) is 13.0 Å². The molecule has 0 spiro atoms. The molecule has 0 atom stereocenters. The Bertz CT molecular complexity index is 805. The Kier molecular flexibility index (Phi) is 5.63. The number of nitrogens with zero attached hydrogens (tertiary/aromatic N) is 1. The first-order chi connectivity index (χ1) is 12.6. The summed E-state index contributed by atoms with van der Waals surface area (Å²) in [5, 5.41) is 5.40. The summed E-state index contributed by atoms with van der Waals surface area (Å²) in [6.07, 6.45) is 1.57. The average molecular weight is 351 g/mol. The standard InChI is InChI=1S/C20H21N3O3/c24-18(13-15-7-2-1-3-8-15)21-14-19(25)22-16-9-4-5-10-17(16)23-12-6-11-20(23)26/h1-5,7-10H,6,11-14H2,(H,21,24)(H,22,25). The summed E-state index contributed by atoms with van der Waals surface area (Å²) in [6, 6.07) is 16.5. The van der Waals surface area contributed by atoms with Gasteiger partial charge in [0.05, 0.1) is 24.3 Å². The van der Waals surface area contributed by atoms with Crippen molar-refractivity contribution in [3.8, 4) is 0 Å². The van der Waals surface area contributed by atoms with Crippen LogP contribution in [0.2, 0.25) is 0 Å². The predicted molar refractivity (Wildman–Crippen MR) is 99.8 cm³/mol. The van der Waals surface area contributed by atoms with E-state index in [2.05, 4.69) is 10.6 Å². The summed E-state index contributed by atoms with van der Waals surface area (Å²) in [5.74, 6) is -0.484. The lowest BCUT2D eigenvalue weighted by molar-refractivity contribution is -0.123. The fourth-order valence-electron chi connectivity index (χ4n) is 2.93. The number of anilines is 2. The molecule has 6 heteroatoms. The van der Waals surface area contributed by atoms with Crippen molar-refractivity contribution in [2.75, 3.05) is 23.3 Å². The molecular formula is C20H21N3O3. The minimum absolute atomic E-state index is 0.0582. The normalized spacial score (nSPS) is 13.5. The molecule has 2 N–H and O–H groups in total. The number of hydrogen-bond donors (Lipinski definition) is 2. The quantitative estimate of drug-likeness (QED) is 0.837. The first kappa shape index (κ1) is 17.7. The van der Waals surface area contributed by atoms with Gasteiger partial charge in [-0.15, -0.1) is 0 Å². The van der Waals surface area contributed by atoms with Gasteiger partial charge in [-0.25, -0.2) is 0 Å². The molecule has 1 saturated heterocycles. The molecule has 0 saturated carbocycles. The van der Waals surface area contributed by atoms with Crippen molar-refractivity contribution in [3.05, 3.63) is 60.2 Å². The second kappa shape index (κ2) is 8.29. The van der Waals surface area contributed by atoms with Crippen LogP contribution >= 0.6 is 0 Å². The highest BCUT2D eigenvalue weighted by molar-refractivity contribution is 6.03. The highest BCUT2D eigenvalue weighted by atomic mass is 16.2. The molecule has 3 amide bonds. The fourth-order valence-corrected chi connectivity index (χ4v) is 2.93. The van der Waals surface area contributed by atoms with Crippen molar-refractivity contribution in [3.63, 3.8) is 0 Å². The van der Waals surface area contributed by atoms with Gasteiger partial charge in [-0.05, 0) is 24.1 Å². The van der Waals surface area contributed by atoms with Crippen molar-refractivity contribution in [2.24, 2.45) is 0 Å². The molecule has 134 valence electrons. The third kappa shape index (κ3) is 4.47.